The average Bonchev–Trinajstić information content (AvgIpc) is 3.18. The van der Waals surface area contributed by atoms with Gasteiger partial charge in [0.2, 0.25) is 4.77 Å². The van der Waals surface area contributed by atoms with Crippen molar-refractivity contribution >= 4 is 29.3 Å². The molecular weight excluding hydrogens is 352 g/mol. The number of fused-ring (bicyclic) bond motifs is 1. The molecule has 3 aromatic rings. The molecule has 1 saturated heterocycles. The number of aromatic nitrogens is 4. The van der Waals surface area contributed by atoms with E-state index in [0.717, 1.165) is 42.5 Å². The van der Waals surface area contributed by atoms with Gasteiger partial charge in [-0.25, -0.2) is 4.98 Å². The quantitative estimate of drug-likeness (QED) is 0.624. The summed E-state index contributed by atoms with van der Waals surface area (Å²) < 4.78 is 4.67. The first-order chi connectivity index (χ1) is 12.1. The minimum Gasteiger partial charge on any atom is -0.322 e. The average molecular weight is 377 g/mol. The van der Waals surface area contributed by atoms with E-state index < -0.39 is 0 Å². The highest BCUT2D eigenvalue weighted by atomic mass is 32.1. The van der Waals surface area contributed by atoms with Gasteiger partial charge in [0.05, 0.1) is 0 Å². The van der Waals surface area contributed by atoms with E-state index in [0.29, 0.717) is 5.78 Å². The van der Waals surface area contributed by atoms with Crippen LogP contribution in [0.25, 0.3) is 5.78 Å². The minimum atomic E-state index is 0.712. The van der Waals surface area contributed by atoms with Crippen molar-refractivity contribution in [1.29, 1.82) is 0 Å². The molecule has 0 bridgehead atoms. The van der Waals surface area contributed by atoms with Crippen LogP contribution in [-0.2, 0) is 13.2 Å². The van der Waals surface area contributed by atoms with Crippen LogP contribution in [0.5, 0.6) is 0 Å². The standard InChI is InChI=1S/C17H22N6S2/c1-13-9-14(2)23-16(18-13)19-22(17(23)24)12-21-6-4-20(5-7-21)10-15-3-8-25-11-15/h3,8-9,11H,4-7,10,12H2,1-2H3/p+2. The predicted molar refractivity (Wildman–Crippen MR) is 101 cm³/mol. The molecule has 2 N–H and O–H groups in total. The molecule has 0 saturated carbocycles. The zero-order chi connectivity index (χ0) is 17.4. The van der Waals surface area contributed by atoms with Crippen LogP contribution < -0.4 is 9.80 Å². The lowest BCUT2D eigenvalue weighted by atomic mass is 10.2. The first-order valence-corrected chi connectivity index (χ1v) is 10.1. The Labute approximate surface area is 156 Å². The van der Waals surface area contributed by atoms with Gasteiger partial charge in [0.15, 0.2) is 6.67 Å². The topological polar surface area (TPSA) is 44.0 Å². The summed E-state index contributed by atoms with van der Waals surface area (Å²) >= 11 is 7.42. The number of nitrogens with one attached hydrogen (secondary N) is 2. The number of thiophene rings is 1. The van der Waals surface area contributed by atoms with E-state index in [1.807, 2.05) is 22.1 Å². The highest BCUT2D eigenvalue weighted by molar-refractivity contribution is 7.71. The number of nitrogens with zero attached hydrogens (tertiary/aromatic N) is 4. The maximum Gasteiger partial charge on any atom is 0.254 e. The van der Waals surface area contributed by atoms with E-state index >= 15 is 0 Å². The number of quaternary nitrogens is 2. The molecule has 8 heteroatoms. The molecule has 1 aliphatic rings. The zero-order valence-electron chi connectivity index (χ0n) is 14.7. The van der Waals surface area contributed by atoms with Crippen LogP contribution in [0, 0.1) is 18.6 Å². The third-order valence-corrected chi connectivity index (χ3v) is 6.07. The van der Waals surface area contributed by atoms with E-state index in [1.54, 1.807) is 21.1 Å². The summed E-state index contributed by atoms with van der Waals surface area (Å²) in [6, 6.07) is 4.29. The number of hydrogen-bond acceptors (Lipinski definition) is 4. The van der Waals surface area contributed by atoms with E-state index in [1.165, 1.54) is 18.7 Å². The zero-order valence-corrected chi connectivity index (χ0v) is 16.3. The van der Waals surface area contributed by atoms with Crippen molar-refractivity contribution in [3.8, 4) is 0 Å². The lowest BCUT2D eigenvalue weighted by Crippen LogP contribution is -3.27. The summed E-state index contributed by atoms with van der Waals surface area (Å²) in [5.74, 6) is 0.712. The first-order valence-electron chi connectivity index (χ1n) is 8.72. The Bertz CT molecular complexity index is 919. The molecule has 1 fully saturated rings. The number of rotatable bonds is 4. The normalized spacial score (nSPS) is 21.0. The van der Waals surface area contributed by atoms with E-state index in [-0.39, 0.29) is 0 Å². The van der Waals surface area contributed by atoms with Crippen LogP contribution in [0.1, 0.15) is 17.0 Å². The van der Waals surface area contributed by atoms with Crippen LogP contribution in [0.2, 0.25) is 0 Å². The SMILES string of the molecule is Cc1cc(C)n2c(=S)n(C[NH+]3CC[NH+](Cc4ccsc4)CC3)nc2n1. The molecular formula is C17H24N6S2+2. The largest absolute Gasteiger partial charge is 0.322 e. The second kappa shape index (κ2) is 6.95. The summed E-state index contributed by atoms with van der Waals surface area (Å²) in [6.45, 7) is 10.7. The molecule has 0 amide bonds. The molecule has 0 aromatic carbocycles. The van der Waals surface area contributed by atoms with Crippen molar-refractivity contribution in [2.45, 2.75) is 27.1 Å². The summed E-state index contributed by atoms with van der Waals surface area (Å²) in [6.07, 6.45) is 0. The van der Waals surface area contributed by atoms with Gasteiger partial charge in [-0.05, 0) is 49.0 Å². The molecule has 1 aliphatic heterocycles. The van der Waals surface area contributed by atoms with Crippen molar-refractivity contribution in [2.24, 2.45) is 0 Å². The van der Waals surface area contributed by atoms with E-state index in [4.69, 9.17) is 12.2 Å². The van der Waals surface area contributed by atoms with Crippen molar-refractivity contribution in [3.63, 3.8) is 0 Å². The summed E-state index contributed by atoms with van der Waals surface area (Å²) in [7, 11) is 0. The van der Waals surface area contributed by atoms with E-state index in [2.05, 4.69) is 33.8 Å². The molecule has 0 radical (unpaired) electrons. The molecule has 25 heavy (non-hydrogen) atoms. The fraction of sp³-hybridized carbons (Fsp3) is 0.471. The molecule has 0 aliphatic carbocycles. The van der Waals surface area contributed by atoms with Crippen molar-refractivity contribution in [2.75, 3.05) is 26.2 Å². The first kappa shape index (κ1) is 16.8. The lowest BCUT2D eigenvalue weighted by Gasteiger charge is -2.29. The van der Waals surface area contributed by atoms with Crippen LogP contribution in [-0.4, -0.2) is 45.3 Å². The number of hydrogen-bond donors (Lipinski definition) is 2. The summed E-state index contributed by atoms with van der Waals surface area (Å²) in [5, 5.41) is 9.08. The van der Waals surface area contributed by atoms with Gasteiger partial charge in [-0.1, -0.05) is 0 Å². The molecule has 4 rings (SSSR count). The van der Waals surface area contributed by atoms with Gasteiger partial charge < -0.3 is 9.80 Å². The fourth-order valence-electron chi connectivity index (χ4n) is 3.62. The van der Waals surface area contributed by atoms with Gasteiger partial charge in [0, 0.05) is 17.0 Å². The van der Waals surface area contributed by atoms with Crippen LogP contribution in [0.3, 0.4) is 0 Å². The monoisotopic (exact) mass is 376 g/mol. The molecule has 0 atom stereocenters. The lowest BCUT2D eigenvalue weighted by molar-refractivity contribution is -1.03. The Hall–Kier alpha value is -1.61. The smallest absolute Gasteiger partial charge is 0.254 e. The molecule has 132 valence electrons. The molecule has 0 spiro atoms. The number of aryl methyl sites for hydroxylation is 2. The maximum absolute atomic E-state index is 5.63. The third kappa shape index (κ3) is 3.52. The van der Waals surface area contributed by atoms with Gasteiger partial charge >= 0.3 is 0 Å². The highest BCUT2D eigenvalue weighted by Crippen LogP contribution is 2.07. The van der Waals surface area contributed by atoms with Gasteiger partial charge in [-0.3, -0.25) is 4.40 Å². The number of piperazine rings is 1. The maximum atomic E-state index is 5.63. The van der Waals surface area contributed by atoms with Crippen LogP contribution in [0.15, 0.2) is 22.9 Å². The highest BCUT2D eigenvalue weighted by Gasteiger charge is 2.24. The second-order valence-electron chi connectivity index (χ2n) is 6.92. The molecule has 6 nitrogen and oxygen atoms in total. The van der Waals surface area contributed by atoms with Gasteiger partial charge in [0.25, 0.3) is 5.78 Å². The Kier molecular flexibility index (Phi) is 4.68. The Balaban J connectivity index is 1.43. The Morgan fingerprint density at radius 3 is 2.68 bits per heavy atom. The van der Waals surface area contributed by atoms with Gasteiger partial charge in [-0.2, -0.15) is 16.0 Å². The Morgan fingerprint density at radius 2 is 1.96 bits per heavy atom. The van der Waals surface area contributed by atoms with Crippen molar-refractivity contribution in [3.05, 3.63) is 44.6 Å². The van der Waals surface area contributed by atoms with E-state index in [9.17, 15) is 0 Å². The summed E-state index contributed by atoms with van der Waals surface area (Å²) in [5.41, 5.74) is 3.54. The summed E-state index contributed by atoms with van der Waals surface area (Å²) in [4.78, 5) is 7.74. The van der Waals surface area contributed by atoms with Crippen molar-refractivity contribution < 1.29 is 9.80 Å². The fourth-order valence-corrected chi connectivity index (χ4v) is 4.62. The Morgan fingerprint density at radius 1 is 1.20 bits per heavy atom. The third-order valence-electron chi connectivity index (χ3n) is 4.94. The van der Waals surface area contributed by atoms with Gasteiger partial charge in [-0.15, -0.1) is 5.10 Å². The van der Waals surface area contributed by atoms with Crippen LogP contribution in [0.4, 0.5) is 0 Å². The minimum absolute atomic E-state index is 0.712. The van der Waals surface area contributed by atoms with Gasteiger partial charge in [0.1, 0.15) is 32.7 Å². The molecule has 3 aromatic heterocycles. The van der Waals surface area contributed by atoms with Crippen molar-refractivity contribution in [1.82, 2.24) is 19.2 Å². The molecule has 0 unspecified atom stereocenters. The predicted octanol–water partition coefficient (Wildman–Crippen LogP) is -0.120. The van der Waals surface area contributed by atoms with Crippen LogP contribution >= 0.6 is 23.6 Å². The second-order valence-corrected chi connectivity index (χ2v) is 8.07. The molecule has 4 heterocycles.